The predicted octanol–water partition coefficient (Wildman–Crippen LogP) is 0.526. The molecule has 1 aromatic rings. The summed E-state index contributed by atoms with van der Waals surface area (Å²) in [4.78, 5) is 45.8. The van der Waals surface area contributed by atoms with Crippen LogP contribution in [0.2, 0.25) is 0 Å². The van der Waals surface area contributed by atoms with Crippen molar-refractivity contribution in [3.8, 4) is 0 Å². The van der Waals surface area contributed by atoms with Crippen molar-refractivity contribution in [1.29, 1.82) is 0 Å². The van der Waals surface area contributed by atoms with Gasteiger partial charge in [-0.15, -0.1) is 0 Å². The minimum Gasteiger partial charge on any atom is -0.478 e. The van der Waals surface area contributed by atoms with Crippen LogP contribution in [0, 0.1) is 0 Å². The highest BCUT2D eigenvalue weighted by molar-refractivity contribution is 6.44. The number of imide groups is 2. The molecule has 1 aliphatic rings. The van der Waals surface area contributed by atoms with Gasteiger partial charge in [0.15, 0.2) is 0 Å². The summed E-state index contributed by atoms with van der Waals surface area (Å²) in [6, 6.07) is 3.88. The van der Waals surface area contributed by atoms with E-state index < -0.39 is 23.8 Å². The van der Waals surface area contributed by atoms with E-state index in [4.69, 9.17) is 5.11 Å². The van der Waals surface area contributed by atoms with Crippen LogP contribution in [-0.2, 0) is 22.6 Å². The molecule has 1 heterocycles. The lowest BCUT2D eigenvalue weighted by Gasteiger charge is -2.13. The first kappa shape index (κ1) is 13.7. The number of aromatic carboxylic acids is 1. The van der Waals surface area contributed by atoms with E-state index in [1.54, 1.807) is 12.1 Å². The highest BCUT2D eigenvalue weighted by Crippen LogP contribution is 2.16. The molecule has 1 fully saturated rings. The van der Waals surface area contributed by atoms with Gasteiger partial charge in [-0.05, 0) is 23.6 Å². The van der Waals surface area contributed by atoms with Gasteiger partial charge in [-0.25, -0.2) is 9.59 Å². The minimum atomic E-state index is -1.07. The smallest absolute Gasteiger partial charge is 0.335 e. The Morgan fingerprint density at radius 2 is 2.00 bits per heavy atom. The summed E-state index contributed by atoms with van der Waals surface area (Å²) < 4.78 is 0. The quantitative estimate of drug-likeness (QED) is 0.616. The number of rotatable bonds is 4. The molecule has 7 heteroatoms. The zero-order chi connectivity index (χ0) is 14.9. The lowest BCUT2D eigenvalue weighted by Crippen LogP contribution is -2.30. The normalized spacial score (nSPS) is 14.7. The lowest BCUT2D eigenvalue weighted by atomic mass is 10.0. The number of carboxylic acid groups (broad SMARTS) is 1. The second-order valence-electron chi connectivity index (χ2n) is 4.30. The fourth-order valence-corrected chi connectivity index (χ4v) is 1.99. The van der Waals surface area contributed by atoms with Gasteiger partial charge in [0, 0.05) is 0 Å². The molecule has 0 saturated carbocycles. The maximum absolute atomic E-state index is 11.4. The molecule has 1 saturated heterocycles. The Labute approximate surface area is 114 Å². The van der Waals surface area contributed by atoms with Gasteiger partial charge in [-0.1, -0.05) is 19.1 Å². The summed E-state index contributed by atoms with van der Waals surface area (Å²) in [6.45, 7) is 1.69. The number of nitrogens with zero attached hydrogens (tertiary/aromatic N) is 1. The van der Waals surface area contributed by atoms with Crippen LogP contribution >= 0.6 is 0 Å². The van der Waals surface area contributed by atoms with Crippen LogP contribution in [0.1, 0.15) is 28.4 Å². The zero-order valence-corrected chi connectivity index (χ0v) is 10.7. The van der Waals surface area contributed by atoms with Gasteiger partial charge in [0.1, 0.15) is 0 Å². The maximum Gasteiger partial charge on any atom is 0.335 e. The van der Waals surface area contributed by atoms with Gasteiger partial charge >= 0.3 is 23.8 Å². The molecule has 7 nitrogen and oxygen atoms in total. The molecule has 0 bridgehead atoms. The first-order valence-corrected chi connectivity index (χ1v) is 5.96. The maximum atomic E-state index is 11.4. The number of hydrogen-bond donors (Lipinski definition) is 2. The van der Waals surface area contributed by atoms with Gasteiger partial charge in [-0.2, -0.15) is 0 Å². The Morgan fingerprint density at radius 1 is 1.30 bits per heavy atom. The number of amides is 4. The Morgan fingerprint density at radius 3 is 2.50 bits per heavy atom. The van der Waals surface area contributed by atoms with Crippen LogP contribution < -0.4 is 5.32 Å². The summed E-state index contributed by atoms with van der Waals surface area (Å²) >= 11 is 0. The number of carboxylic acids is 1. The molecule has 0 spiro atoms. The number of carbonyl (C=O) groups is 4. The molecule has 4 amide bonds. The monoisotopic (exact) mass is 276 g/mol. The summed E-state index contributed by atoms with van der Waals surface area (Å²) in [6.07, 6.45) is 0.559. The Kier molecular flexibility index (Phi) is 3.51. The number of urea groups is 1. The van der Waals surface area contributed by atoms with Gasteiger partial charge in [-0.3, -0.25) is 19.8 Å². The first-order chi connectivity index (χ1) is 9.43. The molecule has 20 heavy (non-hydrogen) atoms. The predicted molar refractivity (Wildman–Crippen MR) is 66.9 cm³/mol. The third kappa shape index (κ3) is 2.37. The molecule has 0 radical (unpaired) electrons. The highest BCUT2D eigenvalue weighted by atomic mass is 16.4. The molecule has 0 aliphatic carbocycles. The number of benzene rings is 1. The van der Waals surface area contributed by atoms with Gasteiger partial charge in [0.25, 0.3) is 0 Å². The summed E-state index contributed by atoms with van der Waals surface area (Å²) in [5.74, 6) is -2.98. The fourth-order valence-electron chi connectivity index (χ4n) is 1.99. The largest absolute Gasteiger partial charge is 0.478 e. The SMILES string of the molecule is CCc1ccc(CN2C(=O)NC(=O)C2=O)cc1C(=O)O. The van der Waals surface area contributed by atoms with Crippen LogP contribution in [0.25, 0.3) is 0 Å². The Hall–Kier alpha value is -2.70. The summed E-state index contributed by atoms with van der Waals surface area (Å²) in [5.41, 5.74) is 1.26. The van der Waals surface area contributed by atoms with Crippen LogP contribution in [-0.4, -0.2) is 33.8 Å². The van der Waals surface area contributed by atoms with E-state index >= 15 is 0 Å². The van der Waals surface area contributed by atoms with Crippen LogP contribution in [0.3, 0.4) is 0 Å². The number of carbonyl (C=O) groups excluding carboxylic acids is 3. The van der Waals surface area contributed by atoms with Crippen molar-refractivity contribution in [1.82, 2.24) is 10.2 Å². The number of hydrogen-bond acceptors (Lipinski definition) is 4. The molecule has 2 N–H and O–H groups in total. The molecule has 0 unspecified atom stereocenters. The molecule has 1 aliphatic heterocycles. The fraction of sp³-hybridized carbons (Fsp3) is 0.231. The van der Waals surface area contributed by atoms with E-state index in [-0.39, 0.29) is 12.1 Å². The molecule has 2 rings (SSSR count). The van der Waals surface area contributed by atoms with Gasteiger partial charge in [0.05, 0.1) is 12.1 Å². The van der Waals surface area contributed by atoms with Gasteiger partial charge < -0.3 is 5.11 Å². The molecule has 104 valence electrons. The van der Waals surface area contributed by atoms with Gasteiger partial charge in [0.2, 0.25) is 0 Å². The topological polar surface area (TPSA) is 104 Å². The summed E-state index contributed by atoms with van der Waals surface area (Å²) in [5, 5.41) is 11.0. The lowest BCUT2D eigenvalue weighted by molar-refractivity contribution is -0.140. The minimum absolute atomic E-state index is 0.128. The average Bonchev–Trinajstić information content (AvgIpc) is 2.65. The van der Waals surface area contributed by atoms with E-state index in [1.807, 2.05) is 12.2 Å². The second kappa shape index (κ2) is 5.12. The van der Waals surface area contributed by atoms with Crippen molar-refractivity contribution in [3.63, 3.8) is 0 Å². The van der Waals surface area contributed by atoms with Crippen molar-refractivity contribution in [2.24, 2.45) is 0 Å². The third-order valence-corrected chi connectivity index (χ3v) is 3.03. The van der Waals surface area contributed by atoms with E-state index in [0.717, 1.165) is 4.90 Å². The Bertz CT molecular complexity index is 623. The van der Waals surface area contributed by atoms with Crippen molar-refractivity contribution >= 4 is 23.8 Å². The number of aryl methyl sites for hydroxylation is 1. The zero-order valence-electron chi connectivity index (χ0n) is 10.7. The molecule has 0 atom stereocenters. The van der Waals surface area contributed by atoms with E-state index in [1.165, 1.54) is 6.07 Å². The second-order valence-corrected chi connectivity index (χ2v) is 4.30. The number of nitrogens with one attached hydrogen (secondary N) is 1. The van der Waals surface area contributed by atoms with E-state index in [0.29, 0.717) is 17.5 Å². The van der Waals surface area contributed by atoms with E-state index in [9.17, 15) is 19.2 Å². The van der Waals surface area contributed by atoms with Crippen molar-refractivity contribution in [2.75, 3.05) is 0 Å². The molecular weight excluding hydrogens is 264 g/mol. The first-order valence-electron chi connectivity index (χ1n) is 5.96. The average molecular weight is 276 g/mol. The van der Waals surface area contributed by atoms with Crippen LogP contribution in [0.4, 0.5) is 4.79 Å². The molecule has 1 aromatic carbocycles. The van der Waals surface area contributed by atoms with Crippen molar-refractivity contribution < 1.29 is 24.3 Å². The molecule has 0 aromatic heterocycles. The Balaban J connectivity index is 2.29. The summed E-state index contributed by atoms with van der Waals surface area (Å²) in [7, 11) is 0. The van der Waals surface area contributed by atoms with Crippen LogP contribution in [0.5, 0.6) is 0 Å². The standard InChI is InChI=1S/C13H12N2O5/c1-2-8-4-3-7(5-9(8)12(18)19)6-15-11(17)10(16)14-13(15)20/h3-5H,2,6H2,1H3,(H,18,19)(H,14,16,20). The third-order valence-electron chi connectivity index (χ3n) is 3.03. The molecular formula is C13H12N2O5. The van der Waals surface area contributed by atoms with Crippen molar-refractivity contribution in [3.05, 3.63) is 34.9 Å². The van der Waals surface area contributed by atoms with Crippen LogP contribution in [0.15, 0.2) is 18.2 Å². The van der Waals surface area contributed by atoms with Crippen molar-refractivity contribution in [2.45, 2.75) is 19.9 Å². The van der Waals surface area contributed by atoms with E-state index in [2.05, 4.69) is 0 Å². The highest BCUT2D eigenvalue weighted by Gasteiger charge is 2.36.